The molecule has 0 fully saturated rings. The lowest BCUT2D eigenvalue weighted by molar-refractivity contribution is 0.153. The van der Waals surface area contributed by atoms with Crippen molar-refractivity contribution in [3.63, 3.8) is 0 Å². The second-order valence-electron chi connectivity index (χ2n) is 4.65. The molecule has 0 saturated carbocycles. The molecule has 0 spiro atoms. The summed E-state index contributed by atoms with van der Waals surface area (Å²) in [6.45, 7) is 7.43. The molecular formula is C13H24N4O2. The van der Waals surface area contributed by atoms with E-state index in [1.54, 1.807) is 7.11 Å². The molecule has 0 aliphatic heterocycles. The first kappa shape index (κ1) is 15.7. The molecule has 1 aromatic heterocycles. The molecule has 0 bridgehead atoms. The van der Waals surface area contributed by atoms with Crippen LogP contribution in [0.15, 0.2) is 6.33 Å². The van der Waals surface area contributed by atoms with Crippen LogP contribution in [-0.2, 0) is 4.74 Å². The van der Waals surface area contributed by atoms with Crippen LogP contribution in [0.1, 0.15) is 32.3 Å². The number of methoxy groups -OCH3 is 1. The molecule has 1 unspecified atom stereocenters. The molecule has 6 nitrogen and oxygen atoms in total. The first-order valence-electron chi connectivity index (χ1n) is 6.59. The SMILES string of the molecule is CCNc1ncnc(NC(CO)COC)c1C(C)C. The summed E-state index contributed by atoms with van der Waals surface area (Å²) in [6, 6.07) is -0.174. The van der Waals surface area contributed by atoms with Crippen LogP contribution in [-0.4, -0.2) is 48.0 Å². The monoisotopic (exact) mass is 268 g/mol. The van der Waals surface area contributed by atoms with Crippen molar-refractivity contribution in [1.29, 1.82) is 0 Å². The lowest BCUT2D eigenvalue weighted by atomic mass is 10.0. The van der Waals surface area contributed by atoms with E-state index in [1.165, 1.54) is 6.33 Å². The standard InChI is InChI=1S/C13H24N4O2/c1-5-14-12-11(9(2)3)13(16-8-15-12)17-10(6-18)7-19-4/h8-10,18H,5-7H2,1-4H3,(H2,14,15,16,17). The number of aliphatic hydroxyl groups excluding tert-OH is 1. The number of aromatic nitrogens is 2. The van der Waals surface area contributed by atoms with Crippen molar-refractivity contribution in [1.82, 2.24) is 9.97 Å². The molecule has 1 atom stereocenters. The average Bonchev–Trinajstić information content (AvgIpc) is 2.38. The number of aliphatic hydroxyl groups is 1. The van der Waals surface area contributed by atoms with Crippen LogP contribution < -0.4 is 10.6 Å². The predicted molar refractivity (Wildman–Crippen MR) is 76.7 cm³/mol. The van der Waals surface area contributed by atoms with E-state index in [2.05, 4.69) is 34.4 Å². The Morgan fingerprint density at radius 3 is 2.53 bits per heavy atom. The van der Waals surface area contributed by atoms with Gasteiger partial charge in [-0.15, -0.1) is 0 Å². The van der Waals surface area contributed by atoms with Crippen LogP contribution >= 0.6 is 0 Å². The van der Waals surface area contributed by atoms with E-state index in [-0.39, 0.29) is 18.6 Å². The molecule has 3 N–H and O–H groups in total. The molecular weight excluding hydrogens is 244 g/mol. The topological polar surface area (TPSA) is 79.3 Å². The van der Waals surface area contributed by atoms with Gasteiger partial charge in [0, 0.05) is 19.2 Å². The number of nitrogens with zero attached hydrogens (tertiary/aromatic N) is 2. The molecule has 1 heterocycles. The second kappa shape index (κ2) is 7.91. The minimum atomic E-state index is -0.174. The van der Waals surface area contributed by atoms with Crippen LogP contribution in [0.5, 0.6) is 0 Å². The fourth-order valence-corrected chi connectivity index (χ4v) is 1.90. The minimum Gasteiger partial charge on any atom is -0.394 e. The summed E-state index contributed by atoms with van der Waals surface area (Å²) in [4.78, 5) is 8.56. The molecule has 108 valence electrons. The van der Waals surface area contributed by atoms with Gasteiger partial charge in [-0.1, -0.05) is 13.8 Å². The van der Waals surface area contributed by atoms with Crippen molar-refractivity contribution in [2.75, 3.05) is 37.5 Å². The number of nitrogens with one attached hydrogen (secondary N) is 2. The van der Waals surface area contributed by atoms with E-state index >= 15 is 0 Å². The van der Waals surface area contributed by atoms with Gasteiger partial charge < -0.3 is 20.5 Å². The fraction of sp³-hybridized carbons (Fsp3) is 0.692. The third kappa shape index (κ3) is 4.33. The number of rotatable bonds is 8. The quantitative estimate of drug-likeness (QED) is 0.662. The minimum absolute atomic E-state index is 0.00802. The molecule has 19 heavy (non-hydrogen) atoms. The normalized spacial score (nSPS) is 12.5. The summed E-state index contributed by atoms with van der Waals surface area (Å²) in [5, 5.41) is 15.8. The fourth-order valence-electron chi connectivity index (χ4n) is 1.90. The molecule has 1 rings (SSSR count). The summed E-state index contributed by atoms with van der Waals surface area (Å²) in [5.41, 5.74) is 1.03. The van der Waals surface area contributed by atoms with Gasteiger partial charge in [-0.3, -0.25) is 0 Å². The van der Waals surface area contributed by atoms with Gasteiger partial charge in [-0.05, 0) is 12.8 Å². The average molecular weight is 268 g/mol. The van der Waals surface area contributed by atoms with Crippen molar-refractivity contribution >= 4 is 11.6 Å². The maximum absolute atomic E-state index is 9.32. The zero-order chi connectivity index (χ0) is 14.3. The highest BCUT2D eigenvalue weighted by Gasteiger charge is 2.17. The maximum atomic E-state index is 9.32. The van der Waals surface area contributed by atoms with Crippen LogP contribution in [0, 0.1) is 0 Å². The molecule has 1 aromatic rings. The maximum Gasteiger partial charge on any atom is 0.135 e. The largest absolute Gasteiger partial charge is 0.394 e. The highest BCUT2D eigenvalue weighted by molar-refractivity contribution is 5.59. The number of hydrogen-bond donors (Lipinski definition) is 3. The zero-order valence-corrected chi connectivity index (χ0v) is 12.1. The summed E-state index contributed by atoms with van der Waals surface area (Å²) in [5.74, 6) is 1.86. The van der Waals surface area contributed by atoms with E-state index in [1.807, 2.05) is 6.92 Å². The van der Waals surface area contributed by atoms with Crippen LogP contribution in [0.25, 0.3) is 0 Å². The Balaban J connectivity index is 3.01. The number of ether oxygens (including phenoxy) is 1. The lowest BCUT2D eigenvalue weighted by Crippen LogP contribution is -2.30. The smallest absolute Gasteiger partial charge is 0.135 e. The van der Waals surface area contributed by atoms with Gasteiger partial charge in [0.2, 0.25) is 0 Å². The van der Waals surface area contributed by atoms with Crippen molar-refractivity contribution in [2.24, 2.45) is 0 Å². The van der Waals surface area contributed by atoms with Crippen LogP contribution in [0.2, 0.25) is 0 Å². The van der Waals surface area contributed by atoms with Gasteiger partial charge >= 0.3 is 0 Å². The van der Waals surface area contributed by atoms with E-state index in [4.69, 9.17) is 4.74 Å². The van der Waals surface area contributed by atoms with Crippen LogP contribution in [0.3, 0.4) is 0 Å². The summed E-state index contributed by atoms with van der Waals surface area (Å²) < 4.78 is 5.06. The van der Waals surface area contributed by atoms with E-state index in [0.717, 1.165) is 23.7 Å². The highest BCUT2D eigenvalue weighted by Crippen LogP contribution is 2.28. The first-order valence-corrected chi connectivity index (χ1v) is 6.59. The first-order chi connectivity index (χ1) is 9.13. The van der Waals surface area contributed by atoms with Gasteiger partial charge in [-0.25, -0.2) is 9.97 Å². The molecule has 0 aromatic carbocycles. The van der Waals surface area contributed by atoms with Gasteiger partial charge in [-0.2, -0.15) is 0 Å². The molecule has 0 saturated heterocycles. The summed E-state index contributed by atoms with van der Waals surface area (Å²) in [6.07, 6.45) is 1.52. The summed E-state index contributed by atoms with van der Waals surface area (Å²) >= 11 is 0. The van der Waals surface area contributed by atoms with Crippen molar-refractivity contribution in [2.45, 2.75) is 32.7 Å². The third-order valence-electron chi connectivity index (χ3n) is 2.73. The second-order valence-corrected chi connectivity index (χ2v) is 4.65. The Morgan fingerprint density at radius 2 is 2.00 bits per heavy atom. The van der Waals surface area contributed by atoms with Crippen LogP contribution in [0.4, 0.5) is 11.6 Å². The Hall–Kier alpha value is -1.40. The Bertz CT molecular complexity index is 385. The summed E-state index contributed by atoms with van der Waals surface area (Å²) in [7, 11) is 1.61. The number of hydrogen-bond acceptors (Lipinski definition) is 6. The molecule has 0 aliphatic carbocycles. The van der Waals surface area contributed by atoms with Crippen molar-refractivity contribution in [3.8, 4) is 0 Å². The molecule has 0 amide bonds. The Kier molecular flexibility index (Phi) is 6.52. The highest BCUT2D eigenvalue weighted by atomic mass is 16.5. The zero-order valence-electron chi connectivity index (χ0n) is 12.1. The lowest BCUT2D eigenvalue weighted by Gasteiger charge is -2.21. The molecule has 0 radical (unpaired) electrons. The van der Waals surface area contributed by atoms with Gasteiger partial charge in [0.25, 0.3) is 0 Å². The molecule has 6 heteroatoms. The van der Waals surface area contributed by atoms with E-state index < -0.39 is 0 Å². The van der Waals surface area contributed by atoms with Crippen molar-refractivity contribution < 1.29 is 9.84 Å². The third-order valence-corrected chi connectivity index (χ3v) is 2.73. The molecule has 0 aliphatic rings. The number of anilines is 2. The Labute approximate surface area is 114 Å². The van der Waals surface area contributed by atoms with E-state index in [9.17, 15) is 5.11 Å². The Morgan fingerprint density at radius 1 is 1.32 bits per heavy atom. The predicted octanol–water partition coefficient (Wildman–Crippen LogP) is 1.45. The van der Waals surface area contributed by atoms with Gasteiger partial charge in [0.15, 0.2) is 0 Å². The van der Waals surface area contributed by atoms with Gasteiger partial charge in [0.1, 0.15) is 18.0 Å². The van der Waals surface area contributed by atoms with Crippen molar-refractivity contribution in [3.05, 3.63) is 11.9 Å². The van der Waals surface area contributed by atoms with E-state index in [0.29, 0.717) is 6.61 Å². The van der Waals surface area contributed by atoms with Gasteiger partial charge in [0.05, 0.1) is 19.3 Å².